The quantitative estimate of drug-likeness (QED) is 0.619. The molecule has 0 fully saturated rings. The molecule has 0 spiro atoms. The second kappa shape index (κ2) is 8.39. The minimum Gasteiger partial charge on any atom is -0.354 e. The number of hydrogen-bond acceptors (Lipinski definition) is 4. The van der Waals surface area contributed by atoms with Crippen molar-refractivity contribution in [1.82, 2.24) is 10.6 Å². The van der Waals surface area contributed by atoms with Crippen LogP contribution in [0.3, 0.4) is 0 Å². The first-order chi connectivity index (χ1) is 9.08. The summed E-state index contributed by atoms with van der Waals surface area (Å²) in [6.45, 7) is 6.01. The van der Waals surface area contributed by atoms with Crippen LogP contribution in [0.25, 0.3) is 0 Å². The minimum atomic E-state index is -0.264. The lowest BCUT2D eigenvalue weighted by Crippen LogP contribution is -2.34. The Hall–Kier alpha value is -1.72. The molecular weight excluding hydrogens is 244 g/mol. The molecule has 0 aliphatic carbocycles. The third kappa shape index (κ3) is 7.33. The fourth-order valence-corrected chi connectivity index (χ4v) is 1.67. The van der Waals surface area contributed by atoms with Crippen molar-refractivity contribution in [2.75, 3.05) is 26.2 Å². The third-order valence-electron chi connectivity index (χ3n) is 2.80. The first-order valence-corrected chi connectivity index (χ1v) is 6.61. The Labute approximate surface area is 113 Å². The zero-order valence-corrected chi connectivity index (χ0v) is 11.7. The fourth-order valence-electron chi connectivity index (χ4n) is 1.67. The molecule has 0 unspecified atom stereocenters. The third-order valence-corrected chi connectivity index (χ3v) is 2.80. The summed E-state index contributed by atoms with van der Waals surface area (Å²) in [5.41, 5.74) is 2.13. The van der Waals surface area contributed by atoms with Crippen molar-refractivity contribution in [2.45, 2.75) is 33.1 Å². The minimum absolute atomic E-state index is 0.134. The monoisotopic (exact) mass is 266 g/mol. The number of rotatable bonds is 0. The molecule has 0 aromatic rings. The van der Waals surface area contributed by atoms with Gasteiger partial charge in [-0.05, 0) is 26.7 Å². The zero-order chi connectivity index (χ0) is 14.1. The van der Waals surface area contributed by atoms with Crippen molar-refractivity contribution in [2.24, 2.45) is 9.98 Å². The standard InChI is InChI=1S/C13H22N4O2/c1-10-3-4-11(2)15-6-8-17-13(19)9-12(18)16-7-5-14-10/h3-9H2,1-2H3,(H,16,18)(H,17,19). The Morgan fingerprint density at radius 3 is 1.68 bits per heavy atom. The number of carbonyl (C=O) groups excluding carboxylic acids is 2. The van der Waals surface area contributed by atoms with Crippen molar-refractivity contribution in [1.29, 1.82) is 0 Å². The average molecular weight is 266 g/mol. The number of amides is 2. The van der Waals surface area contributed by atoms with Gasteiger partial charge in [0.25, 0.3) is 0 Å². The van der Waals surface area contributed by atoms with Crippen LogP contribution in [0.1, 0.15) is 33.1 Å². The molecule has 2 N–H and O–H groups in total. The van der Waals surface area contributed by atoms with Gasteiger partial charge in [0.1, 0.15) is 6.42 Å². The van der Waals surface area contributed by atoms with Crippen molar-refractivity contribution < 1.29 is 9.59 Å². The Morgan fingerprint density at radius 1 is 0.842 bits per heavy atom. The maximum Gasteiger partial charge on any atom is 0.229 e. The summed E-state index contributed by atoms with van der Waals surface area (Å²) >= 11 is 0. The highest BCUT2D eigenvalue weighted by Crippen LogP contribution is 1.97. The molecule has 1 heterocycles. The van der Waals surface area contributed by atoms with E-state index in [1.165, 1.54) is 0 Å². The molecule has 106 valence electrons. The Bertz CT molecular complexity index is 352. The van der Waals surface area contributed by atoms with Crippen LogP contribution in [0.4, 0.5) is 0 Å². The van der Waals surface area contributed by atoms with Crippen LogP contribution in [0.5, 0.6) is 0 Å². The molecule has 1 aliphatic heterocycles. The topological polar surface area (TPSA) is 82.9 Å². The van der Waals surface area contributed by atoms with E-state index in [4.69, 9.17) is 0 Å². The first-order valence-electron chi connectivity index (χ1n) is 6.61. The molecule has 0 aromatic carbocycles. The van der Waals surface area contributed by atoms with Gasteiger partial charge in [0.2, 0.25) is 11.8 Å². The van der Waals surface area contributed by atoms with Gasteiger partial charge < -0.3 is 10.6 Å². The summed E-state index contributed by atoms with van der Waals surface area (Å²) in [6.07, 6.45) is 1.64. The molecule has 1 rings (SSSR count). The molecule has 0 aromatic heterocycles. The first kappa shape index (κ1) is 15.3. The molecular formula is C13H22N4O2. The van der Waals surface area contributed by atoms with Crippen molar-refractivity contribution in [3.63, 3.8) is 0 Å². The summed E-state index contributed by atoms with van der Waals surface area (Å²) in [5.74, 6) is -0.528. The van der Waals surface area contributed by atoms with Crippen molar-refractivity contribution >= 4 is 23.2 Å². The lowest BCUT2D eigenvalue weighted by Gasteiger charge is -2.04. The van der Waals surface area contributed by atoms with Gasteiger partial charge in [-0.3, -0.25) is 19.6 Å². The fraction of sp³-hybridized carbons (Fsp3) is 0.692. The number of aliphatic imine (C=N–C) groups is 2. The van der Waals surface area contributed by atoms with E-state index in [0.717, 1.165) is 24.3 Å². The second-order valence-electron chi connectivity index (χ2n) is 4.61. The van der Waals surface area contributed by atoms with E-state index in [1.807, 2.05) is 13.8 Å². The Kier molecular flexibility index (Phi) is 6.78. The smallest absolute Gasteiger partial charge is 0.229 e. The molecule has 6 nitrogen and oxygen atoms in total. The molecule has 0 bridgehead atoms. The molecule has 0 radical (unpaired) electrons. The van der Waals surface area contributed by atoms with Crippen LogP contribution < -0.4 is 10.6 Å². The summed E-state index contributed by atoms with van der Waals surface area (Å²) in [7, 11) is 0. The van der Waals surface area contributed by atoms with Crippen LogP contribution in [-0.4, -0.2) is 49.4 Å². The lowest BCUT2D eigenvalue weighted by molar-refractivity contribution is -0.129. The largest absolute Gasteiger partial charge is 0.354 e. The van der Waals surface area contributed by atoms with Crippen molar-refractivity contribution in [3.05, 3.63) is 0 Å². The van der Waals surface area contributed by atoms with Gasteiger partial charge in [0.05, 0.1) is 13.1 Å². The highest BCUT2D eigenvalue weighted by atomic mass is 16.2. The normalized spacial score (nSPS) is 20.3. The van der Waals surface area contributed by atoms with Gasteiger partial charge in [0, 0.05) is 24.5 Å². The molecule has 2 amide bonds. The van der Waals surface area contributed by atoms with E-state index in [2.05, 4.69) is 20.6 Å². The van der Waals surface area contributed by atoms with Crippen LogP contribution in [0.2, 0.25) is 0 Å². The SMILES string of the molecule is CC1=NCCNC(=O)CC(=O)NCCN=C(C)CC1. The Morgan fingerprint density at radius 2 is 1.26 bits per heavy atom. The average Bonchev–Trinajstić information content (AvgIpc) is 2.36. The summed E-state index contributed by atoms with van der Waals surface area (Å²) in [5, 5.41) is 5.35. The van der Waals surface area contributed by atoms with E-state index in [-0.39, 0.29) is 18.2 Å². The van der Waals surface area contributed by atoms with Gasteiger partial charge in [-0.2, -0.15) is 0 Å². The van der Waals surface area contributed by atoms with E-state index in [9.17, 15) is 9.59 Å². The van der Waals surface area contributed by atoms with Gasteiger partial charge in [-0.15, -0.1) is 0 Å². The second-order valence-corrected chi connectivity index (χ2v) is 4.61. The number of nitrogens with zero attached hydrogens (tertiary/aromatic N) is 2. The lowest BCUT2D eigenvalue weighted by atomic mass is 10.2. The number of carbonyl (C=O) groups is 2. The molecule has 19 heavy (non-hydrogen) atoms. The molecule has 0 atom stereocenters. The van der Waals surface area contributed by atoms with E-state index < -0.39 is 0 Å². The molecule has 0 saturated heterocycles. The van der Waals surface area contributed by atoms with Gasteiger partial charge in [-0.1, -0.05) is 0 Å². The molecule has 1 aliphatic rings. The van der Waals surface area contributed by atoms with Crippen LogP contribution >= 0.6 is 0 Å². The van der Waals surface area contributed by atoms with Gasteiger partial charge in [-0.25, -0.2) is 0 Å². The highest BCUT2D eigenvalue weighted by molar-refractivity contribution is 5.96. The van der Waals surface area contributed by atoms with Crippen molar-refractivity contribution in [3.8, 4) is 0 Å². The predicted molar refractivity (Wildman–Crippen MR) is 75.8 cm³/mol. The van der Waals surface area contributed by atoms with Crippen LogP contribution in [0.15, 0.2) is 9.98 Å². The maximum absolute atomic E-state index is 11.4. The predicted octanol–water partition coefficient (Wildman–Crippen LogP) is 0.325. The number of hydrogen-bond donors (Lipinski definition) is 2. The number of nitrogens with one attached hydrogen (secondary N) is 2. The van der Waals surface area contributed by atoms with Crippen LogP contribution in [-0.2, 0) is 9.59 Å². The van der Waals surface area contributed by atoms with Gasteiger partial charge >= 0.3 is 0 Å². The zero-order valence-electron chi connectivity index (χ0n) is 11.7. The van der Waals surface area contributed by atoms with E-state index >= 15 is 0 Å². The molecule has 6 heteroatoms. The Balaban J connectivity index is 2.57. The highest BCUT2D eigenvalue weighted by Gasteiger charge is 2.08. The van der Waals surface area contributed by atoms with Gasteiger partial charge in [0.15, 0.2) is 0 Å². The molecule has 0 saturated carbocycles. The summed E-state index contributed by atoms with van der Waals surface area (Å²) < 4.78 is 0. The van der Waals surface area contributed by atoms with E-state index in [0.29, 0.717) is 26.2 Å². The summed E-state index contributed by atoms with van der Waals surface area (Å²) in [4.78, 5) is 31.6. The van der Waals surface area contributed by atoms with E-state index in [1.54, 1.807) is 0 Å². The maximum atomic E-state index is 11.4. The van der Waals surface area contributed by atoms with Crippen LogP contribution in [0, 0.1) is 0 Å². The summed E-state index contributed by atoms with van der Waals surface area (Å²) in [6, 6.07) is 0.